The molecular weight excluding hydrogens is 480 g/mol. The fourth-order valence-corrected chi connectivity index (χ4v) is 5.38. The van der Waals surface area contributed by atoms with Gasteiger partial charge in [0, 0.05) is 73.3 Å². The molecule has 196 valence electrons. The van der Waals surface area contributed by atoms with Crippen molar-refractivity contribution in [3.63, 3.8) is 0 Å². The first-order chi connectivity index (χ1) is 18.0. The summed E-state index contributed by atoms with van der Waals surface area (Å²) in [7, 11) is 1.88. The van der Waals surface area contributed by atoms with Crippen LogP contribution < -0.4 is 10.6 Å². The van der Waals surface area contributed by atoms with Crippen LogP contribution in [0.25, 0.3) is 27.8 Å². The van der Waals surface area contributed by atoms with Crippen molar-refractivity contribution in [3.05, 3.63) is 54.7 Å². The largest absolute Gasteiger partial charge is 0.443 e. The molecule has 38 heavy (non-hydrogen) atoms. The Labute approximate surface area is 221 Å². The lowest BCUT2D eigenvalue weighted by molar-refractivity contribution is -0.00948. The Kier molecular flexibility index (Phi) is 6.10. The predicted molar refractivity (Wildman–Crippen MR) is 144 cm³/mol. The molecule has 5 rings (SSSR count). The number of primary amides is 1. The Morgan fingerprint density at radius 3 is 2.55 bits per heavy atom. The van der Waals surface area contributed by atoms with E-state index in [0.717, 1.165) is 33.6 Å². The molecule has 10 heteroatoms. The smallest absolute Gasteiger partial charge is 0.405 e. The molecule has 10 nitrogen and oxygen atoms in total. The summed E-state index contributed by atoms with van der Waals surface area (Å²) in [4.78, 5) is 18.7. The van der Waals surface area contributed by atoms with Crippen LogP contribution in [0.1, 0.15) is 46.1 Å². The van der Waals surface area contributed by atoms with Crippen molar-refractivity contribution in [2.75, 3.05) is 11.4 Å². The summed E-state index contributed by atoms with van der Waals surface area (Å²) in [6.45, 7) is 9.17. The van der Waals surface area contributed by atoms with Crippen LogP contribution in [0.5, 0.6) is 0 Å². The van der Waals surface area contributed by atoms with Gasteiger partial charge in [0.2, 0.25) is 0 Å². The number of fused-ring (bicyclic) bond motifs is 1. The molecule has 1 aliphatic heterocycles. The van der Waals surface area contributed by atoms with Crippen molar-refractivity contribution in [1.82, 2.24) is 24.4 Å². The Morgan fingerprint density at radius 1 is 1.16 bits per heavy atom. The van der Waals surface area contributed by atoms with Crippen molar-refractivity contribution >= 4 is 17.4 Å². The number of carbonyl (C=O) groups is 1. The van der Waals surface area contributed by atoms with Crippen LogP contribution in [0.3, 0.4) is 0 Å². The summed E-state index contributed by atoms with van der Waals surface area (Å²) in [6.07, 6.45) is 9.65. The lowest BCUT2D eigenvalue weighted by atomic mass is 9.75. The minimum atomic E-state index is -0.743. The number of pyridine rings is 2. The van der Waals surface area contributed by atoms with Gasteiger partial charge in [0.05, 0.1) is 23.5 Å². The van der Waals surface area contributed by atoms with Gasteiger partial charge in [0.15, 0.2) is 0 Å². The first kappa shape index (κ1) is 25.3. The molecule has 4 aromatic heterocycles. The van der Waals surface area contributed by atoms with E-state index >= 15 is 0 Å². The van der Waals surface area contributed by atoms with Crippen molar-refractivity contribution in [3.8, 4) is 28.3 Å². The molecule has 4 aromatic rings. The molecule has 1 amide bonds. The summed E-state index contributed by atoms with van der Waals surface area (Å²) in [6, 6.07) is 8.44. The maximum Gasteiger partial charge on any atom is 0.405 e. The molecular formula is C28H32N8O2. The number of carbonyl (C=O) groups excluding carboxylic acids is 1. The molecule has 0 aliphatic carbocycles. The lowest BCUT2D eigenvalue weighted by Crippen LogP contribution is -2.56. The third kappa shape index (κ3) is 4.67. The van der Waals surface area contributed by atoms with E-state index in [9.17, 15) is 10.1 Å². The van der Waals surface area contributed by atoms with E-state index in [1.54, 1.807) is 21.6 Å². The van der Waals surface area contributed by atoms with Crippen molar-refractivity contribution in [2.24, 2.45) is 18.2 Å². The number of anilines is 1. The van der Waals surface area contributed by atoms with E-state index in [0.29, 0.717) is 24.9 Å². The first-order valence-electron chi connectivity index (χ1n) is 12.6. The van der Waals surface area contributed by atoms with Gasteiger partial charge >= 0.3 is 6.09 Å². The minimum Gasteiger partial charge on any atom is -0.443 e. The SMILES string of the molecule is Cn1cc(-c2cc(-c3ccc(N4CCC(C)(OC(N)=O)CC4C(C)(C)C)nc3)c3c(C#N)cnn3c2)cn1. The zero-order chi connectivity index (χ0) is 27.2. The molecule has 1 fully saturated rings. The summed E-state index contributed by atoms with van der Waals surface area (Å²) in [5.41, 5.74) is 9.54. The maximum absolute atomic E-state index is 11.5. The van der Waals surface area contributed by atoms with Gasteiger partial charge in [-0.25, -0.2) is 14.3 Å². The number of hydrogen-bond donors (Lipinski definition) is 1. The van der Waals surface area contributed by atoms with Crippen molar-refractivity contribution in [1.29, 1.82) is 5.26 Å². The van der Waals surface area contributed by atoms with Gasteiger partial charge in [-0.05, 0) is 30.5 Å². The summed E-state index contributed by atoms with van der Waals surface area (Å²) in [5, 5.41) is 18.4. The van der Waals surface area contributed by atoms with Gasteiger partial charge in [0.1, 0.15) is 17.5 Å². The topological polar surface area (TPSA) is 127 Å². The second kappa shape index (κ2) is 9.17. The number of hydrogen-bond acceptors (Lipinski definition) is 7. The van der Waals surface area contributed by atoms with E-state index in [-0.39, 0.29) is 11.5 Å². The van der Waals surface area contributed by atoms with Crippen molar-refractivity contribution in [2.45, 2.75) is 52.2 Å². The second-order valence-corrected chi connectivity index (χ2v) is 11.3. The number of amides is 1. The molecule has 1 saturated heterocycles. The van der Waals surface area contributed by atoms with Gasteiger partial charge in [0.25, 0.3) is 0 Å². The van der Waals surface area contributed by atoms with Crippen LogP contribution in [-0.4, -0.2) is 48.7 Å². The highest BCUT2D eigenvalue weighted by Crippen LogP contribution is 2.40. The molecule has 0 saturated carbocycles. The molecule has 0 radical (unpaired) electrons. The van der Waals surface area contributed by atoms with Crippen LogP contribution in [-0.2, 0) is 11.8 Å². The maximum atomic E-state index is 11.5. The van der Waals surface area contributed by atoms with E-state index in [4.69, 9.17) is 15.5 Å². The number of piperidine rings is 1. The Hall–Kier alpha value is -4.39. The van der Waals surface area contributed by atoms with E-state index in [1.165, 1.54) is 0 Å². The molecule has 5 heterocycles. The number of ether oxygens (including phenoxy) is 1. The van der Waals surface area contributed by atoms with Gasteiger partial charge in [-0.1, -0.05) is 20.8 Å². The molecule has 0 bridgehead atoms. The summed E-state index contributed by atoms with van der Waals surface area (Å²) in [5.74, 6) is 0.850. The molecule has 0 aromatic carbocycles. The number of aryl methyl sites for hydroxylation is 1. The van der Waals surface area contributed by atoms with Crippen LogP contribution in [0.15, 0.2) is 49.2 Å². The average Bonchev–Trinajstić information content (AvgIpc) is 3.48. The third-order valence-corrected chi connectivity index (χ3v) is 7.35. The number of nitrogens with two attached hydrogens (primary N) is 1. The second-order valence-electron chi connectivity index (χ2n) is 11.3. The predicted octanol–water partition coefficient (Wildman–Crippen LogP) is 4.54. The minimum absolute atomic E-state index is 0.0830. The van der Waals surface area contributed by atoms with Gasteiger partial charge in [-0.2, -0.15) is 15.5 Å². The monoisotopic (exact) mass is 512 g/mol. The van der Waals surface area contributed by atoms with Gasteiger partial charge < -0.3 is 15.4 Å². The molecule has 0 spiro atoms. The van der Waals surface area contributed by atoms with Crippen LogP contribution >= 0.6 is 0 Å². The number of nitrogens with zero attached hydrogens (tertiary/aromatic N) is 7. The molecule has 2 unspecified atom stereocenters. The van der Waals surface area contributed by atoms with Crippen LogP contribution in [0, 0.1) is 16.7 Å². The average molecular weight is 513 g/mol. The lowest BCUT2D eigenvalue weighted by Gasteiger charge is -2.49. The zero-order valence-corrected chi connectivity index (χ0v) is 22.3. The standard InChI is InChI=1S/C28H32N8O2/c1-27(2,3)23-11-28(4,38-26(30)37)8-9-35(23)24-7-6-18(13-31-24)22-10-19(21-15-32-34(5)16-21)17-36-25(22)20(12-29)14-33-36/h6-7,10,13-17,23H,8-9,11H2,1-5H3,(H2,30,37). The van der Waals surface area contributed by atoms with E-state index < -0.39 is 11.7 Å². The fraction of sp³-hybridized carbons (Fsp3) is 0.393. The molecule has 2 N–H and O–H groups in total. The normalized spacial score (nSPS) is 19.9. The van der Waals surface area contributed by atoms with E-state index in [1.807, 2.05) is 44.7 Å². The van der Waals surface area contributed by atoms with Crippen LogP contribution in [0.4, 0.5) is 10.6 Å². The summed E-state index contributed by atoms with van der Waals surface area (Å²) < 4.78 is 9.01. The van der Waals surface area contributed by atoms with Crippen LogP contribution in [0.2, 0.25) is 0 Å². The molecule has 2 atom stereocenters. The highest BCUT2D eigenvalue weighted by molar-refractivity contribution is 5.87. The number of aromatic nitrogens is 5. The highest BCUT2D eigenvalue weighted by Gasteiger charge is 2.44. The Morgan fingerprint density at radius 2 is 1.95 bits per heavy atom. The third-order valence-electron chi connectivity index (χ3n) is 7.35. The number of rotatable bonds is 4. The quantitative estimate of drug-likeness (QED) is 0.425. The van der Waals surface area contributed by atoms with Gasteiger partial charge in [-0.3, -0.25) is 4.68 Å². The number of nitriles is 1. The van der Waals surface area contributed by atoms with Crippen molar-refractivity contribution < 1.29 is 9.53 Å². The van der Waals surface area contributed by atoms with Gasteiger partial charge in [-0.15, -0.1) is 0 Å². The Balaban J connectivity index is 1.53. The summed E-state index contributed by atoms with van der Waals surface area (Å²) >= 11 is 0. The zero-order valence-electron chi connectivity index (χ0n) is 22.3. The Bertz CT molecular complexity index is 1540. The highest BCUT2D eigenvalue weighted by atomic mass is 16.6. The first-order valence-corrected chi connectivity index (χ1v) is 12.6. The van der Waals surface area contributed by atoms with E-state index in [2.05, 4.69) is 48.0 Å². The fourth-order valence-electron chi connectivity index (χ4n) is 5.38. The molecule has 1 aliphatic rings.